The summed E-state index contributed by atoms with van der Waals surface area (Å²) in [5, 5.41) is 14.3. The third-order valence-corrected chi connectivity index (χ3v) is 3.27. The van der Waals surface area contributed by atoms with Gasteiger partial charge in [-0.05, 0) is 40.2 Å². The van der Waals surface area contributed by atoms with Crippen LogP contribution in [0.3, 0.4) is 0 Å². The first kappa shape index (κ1) is 20.5. The summed E-state index contributed by atoms with van der Waals surface area (Å²) in [7, 11) is 0. The average Bonchev–Trinajstić information content (AvgIpc) is 2.44. The van der Waals surface area contributed by atoms with E-state index in [2.05, 4.69) is 10.6 Å². The molecule has 0 heterocycles. The molecule has 0 saturated carbocycles. The second kappa shape index (κ2) is 8.00. The maximum atomic E-state index is 12.4. The van der Waals surface area contributed by atoms with Gasteiger partial charge in [-0.25, -0.2) is 9.59 Å². The van der Waals surface area contributed by atoms with Gasteiger partial charge in [-0.1, -0.05) is 30.3 Å². The molecule has 1 rings (SSSR count). The number of carboxylic acids is 1. The number of carbonyl (C=O) groups excluding carboxylic acids is 2. The van der Waals surface area contributed by atoms with Gasteiger partial charge in [-0.3, -0.25) is 4.79 Å². The Bertz CT molecular complexity index is 620. The lowest BCUT2D eigenvalue weighted by Crippen LogP contribution is -2.58. The maximum absolute atomic E-state index is 12.4. The van der Waals surface area contributed by atoms with Crippen molar-refractivity contribution in [2.24, 2.45) is 0 Å². The molecule has 0 radical (unpaired) electrons. The Kier molecular flexibility index (Phi) is 6.55. The molecule has 7 heteroatoms. The molecular weight excluding hydrogens is 324 g/mol. The highest BCUT2D eigenvalue weighted by Crippen LogP contribution is 2.11. The normalized spacial score (nSPS) is 12.8. The van der Waals surface area contributed by atoms with E-state index in [9.17, 15) is 19.5 Å². The van der Waals surface area contributed by atoms with E-state index < -0.39 is 35.2 Å². The standard InChI is InChI=1S/C18H26N2O5/c1-17(2,3)25-16(24)20-18(4,5)15(23)19-13(14(21)22)11-12-9-7-6-8-10-12/h6-10,13H,11H2,1-5H3,(H,19,23)(H,20,24)(H,21,22)/t13-/m1/s1. The minimum absolute atomic E-state index is 0.143. The molecule has 0 spiro atoms. The maximum Gasteiger partial charge on any atom is 0.408 e. The van der Waals surface area contributed by atoms with Crippen LogP contribution < -0.4 is 10.6 Å². The second-order valence-corrected chi connectivity index (χ2v) is 7.31. The summed E-state index contributed by atoms with van der Waals surface area (Å²) >= 11 is 0. The smallest absolute Gasteiger partial charge is 0.408 e. The predicted molar refractivity (Wildman–Crippen MR) is 93.2 cm³/mol. The lowest BCUT2D eigenvalue weighted by atomic mass is 10.0. The van der Waals surface area contributed by atoms with Crippen LogP contribution in [0.2, 0.25) is 0 Å². The number of carboxylic acid groups (broad SMARTS) is 1. The van der Waals surface area contributed by atoms with Crippen LogP contribution in [0.1, 0.15) is 40.2 Å². The molecule has 2 amide bonds. The molecule has 0 saturated heterocycles. The summed E-state index contributed by atoms with van der Waals surface area (Å²) in [6, 6.07) is 7.88. The van der Waals surface area contributed by atoms with Crippen molar-refractivity contribution in [3.05, 3.63) is 35.9 Å². The van der Waals surface area contributed by atoms with E-state index >= 15 is 0 Å². The fourth-order valence-electron chi connectivity index (χ4n) is 2.00. The highest BCUT2D eigenvalue weighted by Gasteiger charge is 2.34. The minimum Gasteiger partial charge on any atom is -0.480 e. The molecule has 3 N–H and O–H groups in total. The fraction of sp³-hybridized carbons (Fsp3) is 0.500. The third kappa shape index (κ3) is 7.24. The van der Waals surface area contributed by atoms with Crippen molar-refractivity contribution in [3.63, 3.8) is 0 Å². The quantitative estimate of drug-likeness (QED) is 0.729. The Morgan fingerprint density at radius 1 is 1.08 bits per heavy atom. The van der Waals surface area contributed by atoms with E-state index in [0.717, 1.165) is 5.56 Å². The second-order valence-electron chi connectivity index (χ2n) is 7.31. The van der Waals surface area contributed by atoms with Crippen LogP contribution in [-0.2, 0) is 20.7 Å². The van der Waals surface area contributed by atoms with Crippen LogP contribution in [0.4, 0.5) is 4.79 Å². The molecule has 138 valence electrons. The summed E-state index contributed by atoms with van der Waals surface area (Å²) in [6.07, 6.45) is -0.604. The highest BCUT2D eigenvalue weighted by molar-refractivity contribution is 5.92. The number of nitrogens with one attached hydrogen (secondary N) is 2. The Balaban J connectivity index is 2.75. The van der Waals surface area contributed by atoms with Crippen LogP contribution in [0, 0.1) is 0 Å². The third-order valence-electron chi connectivity index (χ3n) is 3.27. The Morgan fingerprint density at radius 2 is 1.64 bits per heavy atom. The molecule has 7 nitrogen and oxygen atoms in total. The van der Waals surface area contributed by atoms with E-state index in [-0.39, 0.29) is 6.42 Å². The number of hydrogen-bond donors (Lipinski definition) is 3. The van der Waals surface area contributed by atoms with E-state index in [1.165, 1.54) is 13.8 Å². The average molecular weight is 350 g/mol. The number of benzene rings is 1. The van der Waals surface area contributed by atoms with Gasteiger partial charge in [0.2, 0.25) is 5.91 Å². The minimum atomic E-state index is -1.33. The van der Waals surface area contributed by atoms with Crippen molar-refractivity contribution in [2.45, 2.75) is 58.2 Å². The first-order valence-electron chi connectivity index (χ1n) is 7.99. The van der Waals surface area contributed by atoms with Gasteiger partial charge >= 0.3 is 12.1 Å². The zero-order chi connectivity index (χ0) is 19.3. The first-order chi connectivity index (χ1) is 11.4. The number of rotatable bonds is 6. The molecule has 0 aliphatic carbocycles. The van der Waals surface area contributed by atoms with Gasteiger partial charge in [-0.15, -0.1) is 0 Å². The van der Waals surface area contributed by atoms with Crippen LogP contribution in [-0.4, -0.2) is 40.3 Å². The Morgan fingerprint density at radius 3 is 2.12 bits per heavy atom. The van der Waals surface area contributed by atoms with Crippen LogP contribution in [0.25, 0.3) is 0 Å². The Hall–Kier alpha value is -2.57. The van der Waals surface area contributed by atoms with Crippen LogP contribution >= 0.6 is 0 Å². The van der Waals surface area contributed by atoms with Crippen molar-refractivity contribution in [1.82, 2.24) is 10.6 Å². The van der Waals surface area contributed by atoms with Gasteiger partial charge in [0.15, 0.2) is 0 Å². The zero-order valence-corrected chi connectivity index (χ0v) is 15.3. The SMILES string of the molecule is CC(C)(C)OC(=O)NC(C)(C)C(=O)N[C@H](Cc1ccccc1)C(=O)O. The topological polar surface area (TPSA) is 105 Å². The van der Waals surface area contributed by atoms with Gasteiger partial charge in [0.05, 0.1) is 0 Å². The molecule has 0 unspecified atom stereocenters. The van der Waals surface area contributed by atoms with Gasteiger partial charge in [-0.2, -0.15) is 0 Å². The van der Waals surface area contributed by atoms with E-state index in [4.69, 9.17) is 4.74 Å². The molecule has 1 atom stereocenters. The lowest BCUT2D eigenvalue weighted by Gasteiger charge is -2.29. The number of hydrogen-bond acceptors (Lipinski definition) is 4. The Labute approximate surface area is 147 Å². The lowest BCUT2D eigenvalue weighted by molar-refractivity contribution is -0.142. The first-order valence-corrected chi connectivity index (χ1v) is 7.99. The van der Waals surface area contributed by atoms with Gasteiger partial charge in [0, 0.05) is 6.42 Å². The summed E-state index contributed by atoms with van der Waals surface area (Å²) in [5.74, 6) is -1.76. The molecule has 0 aliphatic heterocycles. The number of ether oxygens (including phenoxy) is 1. The molecule has 0 fully saturated rings. The number of amides is 2. The molecule has 0 aromatic heterocycles. The molecular formula is C18H26N2O5. The predicted octanol–water partition coefficient (Wildman–Crippen LogP) is 2.10. The van der Waals surface area contributed by atoms with Crippen molar-refractivity contribution >= 4 is 18.0 Å². The number of carbonyl (C=O) groups is 3. The van der Waals surface area contributed by atoms with E-state index in [0.29, 0.717) is 0 Å². The van der Waals surface area contributed by atoms with Gasteiger partial charge in [0.1, 0.15) is 17.2 Å². The summed E-state index contributed by atoms with van der Waals surface area (Å²) in [5.41, 5.74) is -1.24. The van der Waals surface area contributed by atoms with Gasteiger partial charge < -0.3 is 20.5 Å². The van der Waals surface area contributed by atoms with E-state index in [1.807, 2.05) is 6.07 Å². The monoisotopic (exact) mass is 350 g/mol. The molecule has 0 aliphatic rings. The van der Waals surface area contributed by atoms with Crippen molar-refractivity contribution in [3.8, 4) is 0 Å². The fourth-order valence-corrected chi connectivity index (χ4v) is 2.00. The van der Waals surface area contributed by atoms with Crippen molar-refractivity contribution in [1.29, 1.82) is 0 Å². The summed E-state index contributed by atoms with van der Waals surface area (Å²) in [4.78, 5) is 35.7. The molecule has 0 bridgehead atoms. The largest absolute Gasteiger partial charge is 0.480 e. The van der Waals surface area contributed by atoms with Gasteiger partial charge in [0.25, 0.3) is 0 Å². The molecule has 1 aromatic carbocycles. The highest BCUT2D eigenvalue weighted by atomic mass is 16.6. The molecule has 25 heavy (non-hydrogen) atoms. The van der Waals surface area contributed by atoms with Crippen molar-refractivity contribution < 1.29 is 24.2 Å². The van der Waals surface area contributed by atoms with Crippen LogP contribution in [0.15, 0.2) is 30.3 Å². The van der Waals surface area contributed by atoms with E-state index in [1.54, 1.807) is 45.0 Å². The number of alkyl carbamates (subject to hydrolysis) is 1. The van der Waals surface area contributed by atoms with Crippen molar-refractivity contribution in [2.75, 3.05) is 0 Å². The van der Waals surface area contributed by atoms with Crippen LogP contribution in [0.5, 0.6) is 0 Å². The zero-order valence-electron chi connectivity index (χ0n) is 15.3. The summed E-state index contributed by atoms with van der Waals surface area (Å²) < 4.78 is 5.13. The number of aliphatic carboxylic acids is 1. The summed E-state index contributed by atoms with van der Waals surface area (Å²) in [6.45, 7) is 8.08. The molecule has 1 aromatic rings.